The Bertz CT molecular complexity index is 1120. The second-order valence-electron chi connectivity index (χ2n) is 8.34. The maximum atomic E-state index is 12.5. The number of halogens is 1. The van der Waals surface area contributed by atoms with Gasteiger partial charge in [-0.25, -0.2) is 0 Å². The number of likely N-dealkylation sites (tertiary alicyclic amines) is 1. The standard InChI is InChI=1S/C24H27N3O3.ClH/c1-30-14-17-10-18(22-19(23(17)28)12-25-24(22)29)21-11-16-9-15(5-6-20(16)26-21)13-27-7-3-2-4-8-27;/h5-6,9-11,26,28H,2-4,7-8,12-14H2,1H3,(H,25,29);1H. The van der Waals surface area contributed by atoms with Crippen molar-refractivity contribution in [2.45, 2.75) is 39.0 Å². The molecule has 2 aliphatic rings. The zero-order valence-corrected chi connectivity index (χ0v) is 18.5. The van der Waals surface area contributed by atoms with Gasteiger partial charge < -0.3 is 20.1 Å². The van der Waals surface area contributed by atoms with Gasteiger partial charge in [-0.3, -0.25) is 9.69 Å². The SMILES string of the molecule is COCc1cc(-c2cc3cc(CN4CCCCC4)ccc3[nH]2)c2c(c1O)CNC2=O.Cl. The predicted octanol–water partition coefficient (Wildman–Crippen LogP) is 4.34. The number of carbonyl (C=O) groups is 1. The number of amides is 1. The van der Waals surface area contributed by atoms with Crippen LogP contribution in [0.15, 0.2) is 30.3 Å². The molecule has 0 unspecified atom stereocenters. The third-order valence-electron chi connectivity index (χ3n) is 6.26. The molecule has 0 aliphatic carbocycles. The molecule has 5 rings (SSSR count). The van der Waals surface area contributed by atoms with Crippen molar-refractivity contribution >= 4 is 29.2 Å². The monoisotopic (exact) mass is 441 g/mol. The van der Waals surface area contributed by atoms with Gasteiger partial charge in [-0.05, 0) is 55.8 Å². The maximum absolute atomic E-state index is 12.5. The number of nitrogens with one attached hydrogen (secondary N) is 2. The molecular weight excluding hydrogens is 414 g/mol. The first-order chi connectivity index (χ1) is 14.6. The van der Waals surface area contributed by atoms with Gasteiger partial charge in [-0.15, -0.1) is 12.4 Å². The number of aromatic nitrogens is 1. The number of hydrogen-bond donors (Lipinski definition) is 3. The van der Waals surface area contributed by atoms with Gasteiger partial charge >= 0.3 is 0 Å². The lowest BCUT2D eigenvalue weighted by atomic mass is 9.96. The summed E-state index contributed by atoms with van der Waals surface area (Å²) in [5, 5.41) is 14.5. The Balaban J connectivity index is 0.00000231. The smallest absolute Gasteiger partial charge is 0.252 e. The molecule has 0 bridgehead atoms. The highest BCUT2D eigenvalue weighted by molar-refractivity contribution is 6.06. The molecule has 0 atom stereocenters. The second kappa shape index (κ2) is 8.91. The molecule has 7 heteroatoms. The summed E-state index contributed by atoms with van der Waals surface area (Å²) in [5.74, 6) is -0.00223. The number of carbonyl (C=O) groups excluding carboxylic acids is 1. The van der Waals surface area contributed by atoms with Crippen LogP contribution in [0.25, 0.3) is 22.2 Å². The normalized spacial score (nSPS) is 16.2. The molecule has 2 aliphatic heterocycles. The van der Waals surface area contributed by atoms with Crippen molar-refractivity contribution in [3.63, 3.8) is 0 Å². The first kappa shape index (κ1) is 21.7. The highest BCUT2D eigenvalue weighted by Gasteiger charge is 2.29. The highest BCUT2D eigenvalue weighted by Crippen LogP contribution is 2.38. The van der Waals surface area contributed by atoms with Crippen molar-refractivity contribution in [2.24, 2.45) is 0 Å². The van der Waals surface area contributed by atoms with Crippen LogP contribution in [0.1, 0.15) is 46.3 Å². The van der Waals surface area contributed by atoms with E-state index in [1.54, 1.807) is 7.11 Å². The number of nitrogens with zero attached hydrogens (tertiary/aromatic N) is 1. The fourth-order valence-corrected chi connectivity index (χ4v) is 4.76. The van der Waals surface area contributed by atoms with Crippen molar-refractivity contribution < 1.29 is 14.6 Å². The molecule has 3 aromatic rings. The fraction of sp³-hybridized carbons (Fsp3) is 0.375. The number of hydrogen-bond acceptors (Lipinski definition) is 4. The zero-order valence-electron chi connectivity index (χ0n) is 17.7. The van der Waals surface area contributed by atoms with Crippen molar-refractivity contribution in [1.82, 2.24) is 15.2 Å². The number of H-pyrrole nitrogens is 1. The lowest BCUT2D eigenvalue weighted by Gasteiger charge is -2.26. The summed E-state index contributed by atoms with van der Waals surface area (Å²) in [6.45, 7) is 3.96. The number of phenolic OH excluding ortho intramolecular Hbond substituents is 1. The van der Waals surface area contributed by atoms with Crippen LogP contribution in [0.2, 0.25) is 0 Å². The molecule has 1 saturated heterocycles. The Hall–Kier alpha value is -2.54. The molecule has 3 N–H and O–H groups in total. The molecule has 3 heterocycles. The summed E-state index contributed by atoms with van der Waals surface area (Å²) in [6, 6.07) is 10.5. The van der Waals surface area contributed by atoms with Gasteiger partial charge in [0.15, 0.2) is 0 Å². The van der Waals surface area contributed by atoms with Crippen LogP contribution in [-0.2, 0) is 24.4 Å². The van der Waals surface area contributed by atoms with Gasteiger partial charge in [0.2, 0.25) is 0 Å². The summed E-state index contributed by atoms with van der Waals surface area (Å²) in [7, 11) is 1.60. The number of aromatic hydroxyl groups is 1. The van der Waals surface area contributed by atoms with Crippen LogP contribution in [0.5, 0.6) is 5.75 Å². The van der Waals surface area contributed by atoms with Crippen LogP contribution >= 0.6 is 12.4 Å². The van der Waals surface area contributed by atoms with Crippen LogP contribution in [-0.4, -0.2) is 41.1 Å². The van der Waals surface area contributed by atoms with E-state index >= 15 is 0 Å². The summed E-state index contributed by atoms with van der Waals surface area (Å²) >= 11 is 0. The molecule has 1 fully saturated rings. The predicted molar refractivity (Wildman–Crippen MR) is 124 cm³/mol. The van der Waals surface area contributed by atoms with Gasteiger partial charge in [0.25, 0.3) is 5.91 Å². The Morgan fingerprint density at radius 3 is 2.71 bits per heavy atom. The van der Waals surface area contributed by atoms with Gasteiger partial charge in [-0.2, -0.15) is 0 Å². The first-order valence-electron chi connectivity index (χ1n) is 10.6. The summed E-state index contributed by atoms with van der Waals surface area (Å²) in [5.41, 5.74) is 5.92. The summed E-state index contributed by atoms with van der Waals surface area (Å²) in [6.07, 6.45) is 3.91. The van der Waals surface area contributed by atoms with Crippen LogP contribution < -0.4 is 5.32 Å². The molecule has 2 aromatic carbocycles. The molecule has 0 radical (unpaired) electrons. The van der Waals surface area contributed by atoms with Crippen LogP contribution in [0.3, 0.4) is 0 Å². The van der Waals surface area contributed by atoms with Crippen molar-refractivity contribution in [3.8, 4) is 17.0 Å². The minimum Gasteiger partial charge on any atom is -0.507 e. The van der Waals surface area contributed by atoms with E-state index in [-0.39, 0.29) is 24.1 Å². The lowest BCUT2D eigenvalue weighted by molar-refractivity contribution is 0.0966. The summed E-state index contributed by atoms with van der Waals surface area (Å²) < 4.78 is 5.25. The number of phenols is 1. The molecule has 1 aromatic heterocycles. The van der Waals surface area contributed by atoms with E-state index in [0.717, 1.165) is 28.7 Å². The van der Waals surface area contributed by atoms with E-state index in [4.69, 9.17) is 4.74 Å². The molecule has 31 heavy (non-hydrogen) atoms. The molecule has 1 amide bonds. The Kier molecular flexibility index (Phi) is 6.23. The summed E-state index contributed by atoms with van der Waals surface area (Å²) in [4.78, 5) is 18.5. The molecule has 164 valence electrons. The third kappa shape index (κ3) is 4.03. The molecule has 0 saturated carbocycles. The van der Waals surface area contributed by atoms with Gasteiger partial charge in [0.05, 0.1) is 12.2 Å². The molecule has 6 nitrogen and oxygen atoms in total. The minimum absolute atomic E-state index is 0. The van der Waals surface area contributed by atoms with Crippen molar-refractivity contribution in [1.29, 1.82) is 0 Å². The number of aromatic amines is 1. The molecule has 0 spiro atoms. The maximum Gasteiger partial charge on any atom is 0.252 e. The average Bonchev–Trinajstić information content (AvgIpc) is 3.35. The fourth-order valence-electron chi connectivity index (χ4n) is 4.76. The average molecular weight is 442 g/mol. The number of piperidine rings is 1. The van der Waals surface area contributed by atoms with E-state index in [1.165, 1.54) is 37.9 Å². The molecular formula is C24H28ClN3O3. The number of ether oxygens (including phenoxy) is 1. The number of benzene rings is 2. The number of rotatable bonds is 5. The van der Waals surface area contributed by atoms with Crippen molar-refractivity contribution in [2.75, 3.05) is 20.2 Å². The minimum atomic E-state index is -0.149. The topological polar surface area (TPSA) is 77.6 Å². The van der Waals surface area contributed by atoms with Gasteiger partial charge in [0, 0.05) is 53.5 Å². The van der Waals surface area contributed by atoms with Crippen LogP contribution in [0.4, 0.5) is 0 Å². The van der Waals surface area contributed by atoms with E-state index in [9.17, 15) is 9.90 Å². The van der Waals surface area contributed by atoms with E-state index in [2.05, 4.69) is 39.5 Å². The Morgan fingerprint density at radius 1 is 1.13 bits per heavy atom. The number of fused-ring (bicyclic) bond motifs is 2. The van der Waals surface area contributed by atoms with Crippen molar-refractivity contribution in [3.05, 3.63) is 52.6 Å². The second-order valence-corrected chi connectivity index (χ2v) is 8.34. The van der Waals surface area contributed by atoms with Gasteiger partial charge in [-0.1, -0.05) is 12.5 Å². The largest absolute Gasteiger partial charge is 0.507 e. The Labute approximate surface area is 188 Å². The van der Waals surface area contributed by atoms with E-state index in [1.807, 2.05) is 6.07 Å². The van der Waals surface area contributed by atoms with E-state index in [0.29, 0.717) is 29.8 Å². The quantitative estimate of drug-likeness (QED) is 0.550. The highest BCUT2D eigenvalue weighted by atomic mass is 35.5. The third-order valence-corrected chi connectivity index (χ3v) is 6.26. The Morgan fingerprint density at radius 2 is 1.94 bits per heavy atom. The first-order valence-corrected chi connectivity index (χ1v) is 10.6. The van der Waals surface area contributed by atoms with Crippen LogP contribution in [0, 0.1) is 0 Å². The van der Waals surface area contributed by atoms with E-state index < -0.39 is 0 Å². The van der Waals surface area contributed by atoms with Gasteiger partial charge in [0.1, 0.15) is 5.75 Å². The number of methoxy groups -OCH3 is 1. The zero-order chi connectivity index (χ0) is 20.7. The lowest BCUT2D eigenvalue weighted by Crippen LogP contribution is -2.28.